The summed E-state index contributed by atoms with van der Waals surface area (Å²) in [5, 5.41) is 3.70. The molecular weight excluding hydrogens is 234 g/mol. The first-order valence-corrected chi connectivity index (χ1v) is 8.38. The van der Waals surface area contributed by atoms with Gasteiger partial charge in [0, 0.05) is 24.7 Å². The van der Waals surface area contributed by atoms with Crippen molar-refractivity contribution in [3.8, 4) is 0 Å². The molecule has 3 heteroatoms. The van der Waals surface area contributed by atoms with Crippen molar-refractivity contribution in [3.05, 3.63) is 0 Å². The molecule has 2 rings (SSSR count). The molecule has 0 aromatic rings. The van der Waals surface area contributed by atoms with Crippen LogP contribution >= 0.6 is 0 Å². The lowest BCUT2D eigenvalue weighted by molar-refractivity contribution is 0.0772. The molecule has 1 N–H and O–H groups in total. The Balaban J connectivity index is 1.76. The van der Waals surface area contributed by atoms with Gasteiger partial charge in [-0.15, -0.1) is 0 Å². The lowest BCUT2D eigenvalue weighted by Gasteiger charge is -2.42. The molecule has 3 atom stereocenters. The first-order valence-electron chi connectivity index (χ1n) is 8.38. The molecule has 0 aromatic heterocycles. The molecule has 2 fully saturated rings. The minimum absolute atomic E-state index is 0.749. The first kappa shape index (κ1) is 15.3. The highest BCUT2D eigenvalue weighted by atomic mass is 15.2. The van der Waals surface area contributed by atoms with Crippen LogP contribution in [0, 0.1) is 0 Å². The summed E-state index contributed by atoms with van der Waals surface area (Å²) in [5.41, 5.74) is 0. The molecule has 0 aliphatic carbocycles. The van der Waals surface area contributed by atoms with E-state index >= 15 is 0 Å². The van der Waals surface area contributed by atoms with Gasteiger partial charge in [-0.25, -0.2) is 0 Å². The lowest BCUT2D eigenvalue weighted by atomic mass is 9.95. The number of nitrogens with one attached hydrogen (secondary N) is 1. The Kier molecular flexibility index (Phi) is 6.11. The van der Waals surface area contributed by atoms with E-state index in [9.17, 15) is 0 Å². The van der Waals surface area contributed by atoms with Gasteiger partial charge in [0.25, 0.3) is 0 Å². The Hall–Kier alpha value is -0.120. The number of hydrogen-bond acceptors (Lipinski definition) is 3. The third-order valence-electron chi connectivity index (χ3n) is 5.06. The van der Waals surface area contributed by atoms with Gasteiger partial charge in [0.2, 0.25) is 0 Å². The van der Waals surface area contributed by atoms with Gasteiger partial charge in [-0.05, 0) is 65.7 Å². The fourth-order valence-corrected chi connectivity index (χ4v) is 3.67. The van der Waals surface area contributed by atoms with Gasteiger partial charge in [0.05, 0.1) is 0 Å². The second-order valence-corrected chi connectivity index (χ2v) is 6.65. The molecule has 0 bridgehead atoms. The second-order valence-electron chi connectivity index (χ2n) is 6.65. The molecule has 112 valence electrons. The van der Waals surface area contributed by atoms with Crippen molar-refractivity contribution in [2.45, 2.75) is 70.5 Å². The van der Waals surface area contributed by atoms with Crippen molar-refractivity contribution in [1.29, 1.82) is 0 Å². The molecule has 2 saturated heterocycles. The van der Waals surface area contributed by atoms with Gasteiger partial charge in [-0.2, -0.15) is 0 Å². The molecule has 0 amide bonds. The van der Waals surface area contributed by atoms with E-state index < -0.39 is 0 Å². The molecule has 0 radical (unpaired) electrons. The predicted molar refractivity (Wildman–Crippen MR) is 82.6 cm³/mol. The summed E-state index contributed by atoms with van der Waals surface area (Å²) < 4.78 is 0. The largest absolute Gasteiger partial charge is 0.314 e. The average molecular weight is 267 g/mol. The van der Waals surface area contributed by atoms with Crippen molar-refractivity contribution in [2.75, 3.05) is 33.2 Å². The molecule has 2 aliphatic heterocycles. The molecule has 0 aromatic carbocycles. The smallest absolute Gasteiger partial charge is 0.0220 e. The Morgan fingerprint density at radius 3 is 2.68 bits per heavy atom. The molecule has 0 saturated carbocycles. The minimum Gasteiger partial charge on any atom is -0.314 e. The van der Waals surface area contributed by atoms with Crippen LogP contribution in [0.25, 0.3) is 0 Å². The highest BCUT2D eigenvalue weighted by Crippen LogP contribution is 2.22. The van der Waals surface area contributed by atoms with E-state index in [2.05, 4.69) is 36.0 Å². The van der Waals surface area contributed by atoms with E-state index in [1.807, 2.05) is 0 Å². The summed E-state index contributed by atoms with van der Waals surface area (Å²) >= 11 is 0. The monoisotopic (exact) mass is 267 g/mol. The van der Waals surface area contributed by atoms with Crippen LogP contribution in [-0.4, -0.2) is 61.2 Å². The summed E-state index contributed by atoms with van der Waals surface area (Å²) in [4.78, 5) is 5.31. The third-order valence-corrected chi connectivity index (χ3v) is 5.06. The normalized spacial score (nSPS) is 34.6. The summed E-state index contributed by atoms with van der Waals surface area (Å²) in [5.74, 6) is 0. The number of nitrogens with zero attached hydrogens (tertiary/aromatic N) is 2. The van der Waals surface area contributed by atoms with Gasteiger partial charge in [-0.3, -0.25) is 4.90 Å². The molecule has 2 heterocycles. The van der Waals surface area contributed by atoms with Crippen LogP contribution in [0.2, 0.25) is 0 Å². The quantitative estimate of drug-likeness (QED) is 0.825. The van der Waals surface area contributed by atoms with Crippen molar-refractivity contribution in [3.63, 3.8) is 0 Å². The van der Waals surface area contributed by atoms with E-state index in [0.29, 0.717) is 0 Å². The maximum absolute atomic E-state index is 3.70. The highest BCUT2D eigenvalue weighted by Gasteiger charge is 2.28. The van der Waals surface area contributed by atoms with Crippen LogP contribution in [-0.2, 0) is 0 Å². The van der Waals surface area contributed by atoms with Crippen LogP contribution in [0.4, 0.5) is 0 Å². The van der Waals surface area contributed by atoms with E-state index in [1.54, 1.807) is 0 Å². The SMILES string of the molecule is CCCNC1CCN(CC2CCCCN2C)C(C)C1. The average Bonchev–Trinajstić information content (AvgIpc) is 2.41. The van der Waals surface area contributed by atoms with E-state index in [1.165, 1.54) is 64.7 Å². The molecule has 3 unspecified atom stereocenters. The summed E-state index contributed by atoms with van der Waals surface area (Å²) in [7, 11) is 2.31. The Labute approximate surface area is 119 Å². The topological polar surface area (TPSA) is 18.5 Å². The van der Waals surface area contributed by atoms with Crippen LogP contribution in [0.15, 0.2) is 0 Å². The van der Waals surface area contributed by atoms with Crippen LogP contribution in [0.3, 0.4) is 0 Å². The molecule has 3 nitrogen and oxygen atoms in total. The number of hydrogen-bond donors (Lipinski definition) is 1. The van der Waals surface area contributed by atoms with Crippen molar-refractivity contribution in [2.24, 2.45) is 0 Å². The summed E-state index contributed by atoms with van der Waals surface area (Å²) in [6, 6.07) is 2.31. The van der Waals surface area contributed by atoms with Crippen LogP contribution in [0.5, 0.6) is 0 Å². The Morgan fingerprint density at radius 2 is 2.00 bits per heavy atom. The minimum atomic E-state index is 0.749. The molecule has 19 heavy (non-hydrogen) atoms. The fourth-order valence-electron chi connectivity index (χ4n) is 3.67. The number of likely N-dealkylation sites (tertiary alicyclic amines) is 2. The molecular formula is C16H33N3. The van der Waals surface area contributed by atoms with Crippen LogP contribution < -0.4 is 5.32 Å². The van der Waals surface area contributed by atoms with Gasteiger partial charge in [0.15, 0.2) is 0 Å². The Morgan fingerprint density at radius 1 is 1.16 bits per heavy atom. The zero-order chi connectivity index (χ0) is 13.7. The lowest BCUT2D eigenvalue weighted by Crippen LogP contribution is -2.52. The standard InChI is InChI=1S/C16H33N3/c1-4-9-17-15-8-11-19(14(2)12-15)13-16-7-5-6-10-18(16)3/h14-17H,4-13H2,1-3H3. The Bertz CT molecular complexity index is 256. The van der Waals surface area contributed by atoms with Crippen molar-refractivity contribution < 1.29 is 0 Å². The summed E-state index contributed by atoms with van der Waals surface area (Å²) in [6.45, 7) is 9.73. The number of piperidine rings is 2. The van der Waals surface area contributed by atoms with Gasteiger partial charge in [0.1, 0.15) is 0 Å². The second kappa shape index (κ2) is 7.61. The molecule has 2 aliphatic rings. The fraction of sp³-hybridized carbons (Fsp3) is 1.00. The number of likely N-dealkylation sites (N-methyl/N-ethyl adjacent to an activating group) is 1. The highest BCUT2D eigenvalue weighted by molar-refractivity contribution is 4.86. The van der Waals surface area contributed by atoms with Crippen molar-refractivity contribution >= 4 is 0 Å². The van der Waals surface area contributed by atoms with Crippen molar-refractivity contribution in [1.82, 2.24) is 15.1 Å². The zero-order valence-electron chi connectivity index (χ0n) is 13.2. The maximum atomic E-state index is 3.70. The van der Waals surface area contributed by atoms with E-state index in [-0.39, 0.29) is 0 Å². The van der Waals surface area contributed by atoms with Crippen LogP contribution in [0.1, 0.15) is 52.4 Å². The van der Waals surface area contributed by atoms with Gasteiger partial charge >= 0.3 is 0 Å². The predicted octanol–water partition coefficient (Wildman–Crippen LogP) is 2.32. The van der Waals surface area contributed by atoms with Gasteiger partial charge in [-0.1, -0.05) is 13.3 Å². The van der Waals surface area contributed by atoms with E-state index in [4.69, 9.17) is 0 Å². The third kappa shape index (κ3) is 4.44. The summed E-state index contributed by atoms with van der Waals surface area (Å²) in [6.07, 6.45) is 8.14. The number of rotatable bonds is 5. The molecule has 0 spiro atoms. The van der Waals surface area contributed by atoms with Gasteiger partial charge < -0.3 is 10.2 Å². The maximum Gasteiger partial charge on any atom is 0.0220 e. The first-order chi connectivity index (χ1) is 9.20. The van der Waals surface area contributed by atoms with E-state index in [0.717, 1.165) is 18.1 Å². The zero-order valence-corrected chi connectivity index (χ0v) is 13.2.